The minimum absolute atomic E-state index is 1.12. The average molecular weight is 157 g/mol. The number of nitrogens with one attached hydrogen (secondary N) is 1. The van der Waals surface area contributed by atoms with Gasteiger partial charge in [-0.25, -0.2) is 0 Å². The third-order valence-corrected chi connectivity index (χ3v) is 3.52. The molecule has 0 radical (unpaired) electrons. The van der Waals surface area contributed by atoms with Crippen molar-refractivity contribution in [2.45, 2.75) is 4.21 Å². The Kier molecular flexibility index (Phi) is 1.39. The van der Waals surface area contributed by atoms with E-state index < -0.39 is 0 Å². The van der Waals surface area contributed by atoms with Crippen molar-refractivity contribution < 1.29 is 0 Å². The number of hydrogen-bond donors (Lipinski definition) is 1. The van der Waals surface area contributed by atoms with Gasteiger partial charge in [-0.05, 0) is 11.4 Å². The molecule has 48 valence electrons. The largest absolute Gasteiger partial charge is 0.383 e. The maximum Gasteiger partial charge on any atom is 0.0831 e. The Labute approximate surface area is 62.5 Å². The number of hydrogen-bond acceptors (Lipinski definition) is 3. The van der Waals surface area contributed by atoms with E-state index in [1.54, 1.807) is 0 Å². The van der Waals surface area contributed by atoms with E-state index in [4.69, 9.17) is 0 Å². The van der Waals surface area contributed by atoms with Crippen LogP contribution < -0.4 is 5.32 Å². The van der Waals surface area contributed by atoms with Gasteiger partial charge in [0.05, 0.1) is 9.90 Å². The van der Waals surface area contributed by atoms with Crippen LogP contribution in [0, 0.1) is 0 Å². The van der Waals surface area contributed by atoms with E-state index in [1.165, 1.54) is 15.6 Å². The molecule has 0 aromatic carbocycles. The van der Waals surface area contributed by atoms with Gasteiger partial charge in [0.2, 0.25) is 0 Å². The van der Waals surface area contributed by atoms with Gasteiger partial charge >= 0.3 is 0 Å². The molecule has 0 saturated heterocycles. The lowest BCUT2D eigenvalue weighted by atomic mass is 10.5. The summed E-state index contributed by atoms with van der Waals surface area (Å²) in [6.45, 7) is 1.12. The van der Waals surface area contributed by atoms with Gasteiger partial charge in [0.25, 0.3) is 0 Å². The van der Waals surface area contributed by atoms with Crippen LogP contribution in [0.1, 0.15) is 0 Å². The molecule has 1 nitrogen and oxygen atoms in total. The topological polar surface area (TPSA) is 12.0 Å². The smallest absolute Gasteiger partial charge is 0.0831 e. The molecule has 9 heavy (non-hydrogen) atoms. The van der Waals surface area contributed by atoms with Crippen LogP contribution >= 0.6 is 23.1 Å². The molecular weight excluding hydrogens is 150 g/mol. The van der Waals surface area contributed by atoms with Gasteiger partial charge in [-0.3, -0.25) is 0 Å². The molecule has 0 unspecified atom stereocenters. The second-order valence-electron chi connectivity index (χ2n) is 1.90. The second-order valence-corrected chi connectivity index (χ2v) is 4.18. The van der Waals surface area contributed by atoms with Crippen molar-refractivity contribution in [1.29, 1.82) is 0 Å². The molecule has 0 fully saturated rings. The predicted molar refractivity (Wildman–Crippen MR) is 43.5 cm³/mol. The standard InChI is InChI=1S/C6H7NS2/c1-3-8-6-5(1)7-2-4-9-6/h1,3,7H,2,4H2. The summed E-state index contributed by atoms with van der Waals surface area (Å²) >= 11 is 3.78. The highest BCUT2D eigenvalue weighted by atomic mass is 32.2. The fourth-order valence-electron chi connectivity index (χ4n) is 0.868. The minimum Gasteiger partial charge on any atom is -0.383 e. The van der Waals surface area contributed by atoms with Gasteiger partial charge in [-0.1, -0.05) is 0 Å². The Balaban J connectivity index is 2.39. The summed E-state index contributed by atoms with van der Waals surface area (Å²) in [4.78, 5) is 0. The Morgan fingerprint density at radius 3 is 3.44 bits per heavy atom. The third-order valence-electron chi connectivity index (χ3n) is 1.28. The fourth-order valence-corrected chi connectivity index (χ4v) is 2.84. The van der Waals surface area contributed by atoms with Gasteiger partial charge in [0.15, 0.2) is 0 Å². The molecular formula is C6H7NS2. The SMILES string of the molecule is c1cc2c(s1)SCCN2. The first-order valence-electron chi connectivity index (χ1n) is 2.91. The molecule has 0 aliphatic carbocycles. The Bertz CT molecular complexity index is 186. The lowest BCUT2D eigenvalue weighted by molar-refractivity contribution is 1.20. The van der Waals surface area contributed by atoms with E-state index in [0.717, 1.165) is 6.54 Å². The van der Waals surface area contributed by atoms with Crippen molar-refractivity contribution in [3.63, 3.8) is 0 Å². The second kappa shape index (κ2) is 2.23. The number of anilines is 1. The van der Waals surface area contributed by atoms with Crippen LogP contribution in [0.4, 0.5) is 5.69 Å². The predicted octanol–water partition coefficient (Wildman–Crippen LogP) is 2.27. The van der Waals surface area contributed by atoms with Crippen molar-refractivity contribution in [2.75, 3.05) is 17.6 Å². The monoisotopic (exact) mass is 157 g/mol. The summed E-state index contributed by atoms with van der Waals surface area (Å²) < 4.78 is 1.45. The summed E-state index contributed by atoms with van der Waals surface area (Å²) in [7, 11) is 0. The summed E-state index contributed by atoms with van der Waals surface area (Å²) in [5.74, 6) is 1.22. The molecule has 2 heterocycles. The van der Waals surface area contributed by atoms with E-state index in [-0.39, 0.29) is 0 Å². The average Bonchev–Trinajstić information content (AvgIpc) is 2.33. The van der Waals surface area contributed by atoms with E-state index in [1.807, 2.05) is 23.1 Å². The molecule has 0 spiro atoms. The Morgan fingerprint density at radius 1 is 1.56 bits per heavy atom. The number of rotatable bonds is 0. The third kappa shape index (κ3) is 0.946. The van der Waals surface area contributed by atoms with Crippen molar-refractivity contribution in [3.05, 3.63) is 11.4 Å². The van der Waals surface area contributed by atoms with Crippen LogP contribution in [0.2, 0.25) is 0 Å². The highest BCUT2D eigenvalue weighted by Crippen LogP contribution is 2.35. The molecule has 1 aromatic rings. The zero-order valence-electron chi connectivity index (χ0n) is 4.89. The maximum absolute atomic E-state index is 3.33. The Hall–Kier alpha value is -0.150. The van der Waals surface area contributed by atoms with Crippen LogP contribution in [-0.2, 0) is 0 Å². The van der Waals surface area contributed by atoms with Gasteiger partial charge in [0, 0.05) is 12.3 Å². The molecule has 3 heteroatoms. The Morgan fingerprint density at radius 2 is 2.56 bits per heavy atom. The molecule has 0 saturated carbocycles. The molecule has 0 atom stereocenters. The van der Waals surface area contributed by atoms with Crippen molar-refractivity contribution in [3.8, 4) is 0 Å². The first-order valence-corrected chi connectivity index (χ1v) is 4.77. The normalized spacial score (nSPS) is 16.4. The summed E-state index contributed by atoms with van der Waals surface area (Å²) in [6.07, 6.45) is 0. The van der Waals surface area contributed by atoms with Gasteiger partial charge in [-0.2, -0.15) is 0 Å². The highest BCUT2D eigenvalue weighted by Gasteiger charge is 2.07. The first kappa shape index (κ1) is 5.62. The minimum atomic E-state index is 1.12. The van der Waals surface area contributed by atoms with Gasteiger partial charge in [0.1, 0.15) is 0 Å². The lowest BCUT2D eigenvalue weighted by Crippen LogP contribution is -2.07. The fraction of sp³-hybridized carbons (Fsp3) is 0.333. The van der Waals surface area contributed by atoms with Crippen LogP contribution in [0.3, 0.4) is 0 Å². The van der Waals surface area contributed by atoms with E-state index >= 15 is 0 Å². The van der Waals surface area contributed by atoms with Crippen LogP contribution in [0.5, 0.6) is 0 Å². The van der Waals surface area contributed by atoms with Gasteiger partial charge < -0.3 is 5.32 Å². The van der Waals surface area contributed by atoms with E-state index in [0.29, 0.717) is 0 Å². The van der Waals surface area contributed by atoms with Crippen LogP contribution in [-0.4, -0.2) is 12.3 Å². The zero-order valence-corrected chi connectivity index (χ0v) is 6.52. The van der Waals surface area contributed by atoms with Gasteiger partial charge in [-0.15, -0.1) is 23.1 Å². The molecule has 1 aliphatic heterocycles. The summed E-state index contributed by atoms with van der Waals surface area (Å²) in [5.41, 5.74) is 1.33. The van der Waals surface area contributed by atoms with Crippen molar-refractivity contribution in [1.82, 2.24) is 0 Å². The summed E-state index contributed by atoms with van der Waals surface area (Å²) in [6, 6.07) is 2.14. The van der Waals surface area contributed by atoms with E-state index in [9.17, 15) is 0 Å². The lowest BCUT2D eigenvalue weighted by Gasteiger charge is -2.11. The number of thiophene rings is 1. The summed E-state index contributed by atoms with van der Waals surface area (Å²) in [5, 5.41) is 5.47. The van der Waals surface area contributed by atoms with Crippen molar-refractivity contribution >= 4 is 28.8 Å². The first-order chi connectivity index (χ1) is 4.47. The molecule has 1 N–H and O–H groups in total. The molecule has 1 aromatic heterocycles. The van der Waals surface area contributed by atoms with Crippen LogP contribution in [0.25, 0.3) is 0 Å². The number of fused-ring (bicyclic) bond motifs is 1. The van der Waals surface area contributed by atoms with Crippen LogP contribution in [0.15, 0.2) is 15.7 Å². The quantitative estimate of drug-likeness (QED) is 0.620. The zero-order chi connectivity index (χ0) is 6.10. The molecule has 2 rings (SSSR count). The molecule has 1 aliphatic rings. The molecule has 0 bridgehead atoms. The molecule has 0 amide bonds. The number of thioether (sulfide) groups is 1. The van der Waals surface area contributed by atoms with E-state index in [2.05, 4.69) is 16.8 Å². The highest BCUT2D eigenvalue weighted by molar-refractivity contribution is 8.01. The van der Waals surface area contributed by atoms with Crippen molar-refractivity contribution in [2.24, 2.45) is 0 Å². The maximum atomic E-state index is 3.33.